The zero-order chi connectivity index (χ0) is 34.7. The van der Waals surface area contributed by atoms with Crippen molar-refractivity contribution in [2.45, 2.75) is 46.1 Å². The summed E-state index contributed by atoms with van der Waals surface area (Å²) in [5.41, 5.74) is 9.06. The summed E-state index contributed by atoms with van der Waals surface area (Å²) in [5, 5.41) is 17.7. The molecule has 49 heavy (non-hydrogen) atoms. The molecule has 0 aliphatic carbocycles. The number of ether oxygens (including phenoxy) is 1. The molecule has 0 radical (unpaired) electrons. The number of halogens is 2. The fourth-order valence-corrected chi connectivity index (χ4v) is 8.66. The summed E-state index contributed by atoms with van der Waals surface area (Å²) in [4.78, 5) is 28.9. The van der Waals surface area contributed by atoms with E-state index in [1.54, 1.807) is 18.2 Å². The molecular weight excluding hydrogens is 661 g/mol. The molecule has 0 saturated carbocycles. The van der Waals surface area contributed by atoms with E-state index in [2.05, 4.69) is 11.5 Å². The Morgan fingerprint density at radius 3 is 2.47 bits per heavy atom. The second-order valence-corrected chi connectivity index (χ2v) is 14.3. The lowest BCUT2D eigenvalue weighted by molar-refractivity contribution is 0.0696. The van der Waals surface area contributed by atoms with Gasteiger partial charge in [0.05, 0.1) is 46.3 Å². The summed E-state index contributed by atoms with van der Waals surface area (Å²) in [6, 6.07) is 12.9. The highest BCUT2D eigenvalue weighted by atomic mass is 35.5. The minimum Gasteiger partial charge on any atom is -0.494 e. The quantitative estimate of drug-likeness (QED) is 0.170. The molecule has 9 nitrogen and oxygen atoms in total. The van der Waals surface area contributed by atoms with E-state index < -0.39 is 11.5 Å². The lowest BCUT2D eigenvalue weighted by Gasteiger charge is -2.45. The number of fused-ring (bicyclic) bond motifs is 4. The minimum absolute atomic E-state index is 0.147. The maximum Gasteiger partial charge on any atom is 0.335 e. The SMILES string of the molecule is Cc1cc(OCCCc2c3n4c5c(c(Cl)ccc25)-c2c(C)nn(C)c2[C@@]4(C)CN(c2cn(C)c4ccc(C(=O)O)cc24)C3=O)cc(C)c1Cl. The Bertz CT molecular complexity index is 2410. The number of aryl methyl sites for hydroxylation is 6. The van der Waals surface area contributed by atoms with Gasteiger partial charge in [-0.1, -0.05) is 29.3 Å². The largest absolute Gasteiger partial charge is 0.494 e. The van der Waals surface area contributed by atoms with Gasteiger partial charge in [0.15, 0.2) is 0 Å². The van der Waals surface area contributed by atoms with E-state index in [4.69, 9.17) is 33.0 Å². The smallest absolute Gasteiger partial charge is 0.335 e. The third-order valence-corrected chi connectivity index (χ3v) is 11.2. The van der Waals surface area contributed by atoms with Crippen LogP contribution in [-0.2, 0) is 26.1 Å². The van der Waals surface area contributed by atoms with Crippen molar-refractivity contribution in [2.75, 3.05) is 18.1 Å². The second kappa shape index (κ2) is 10.9. The average molecular weight is 697 g/mol. The number of hydrogen-bond acceptors (Lipinski definition) is 4. The molecule has 0 unspecified atom stereocenters. The van der Waals surface area contributed by atoms with Crippen LogP contribution in [0.25, 0.3) is 32.9 Å². The molecule has 250 valence electrons. The number of hydrogen-bond donors (Lipinski definition) is 1. The molecule has 8 rings (SSSR count). The van der Waals surface area contributed by atoms with Crippen molar-refractivity contribution < 1.29 is 19.4 Å². The van der Waals surface area contributed by atoms with Crippen molar-refractivity contribution in [3.63, 3.8) is 0 Å². The Labute approximate surface area is 293 Å². The normalized spacial score (nSPS) is 16.6. The first kappa shape index (κ1) is 31.5. The molecule has 0 fully saturated rings. The van der Waals surface area contributed by atoms with Gasteiger partial charge < -0.3 is 23.9 Å². The highest BCUT2D eigenvalue weighted by molar-refractivity contribution is 6.35. The van der Waals surface area contributed by atoms with E-state index >= 15 is 4.79 Å². The van der Waals surface area contributed by atoms with Crippen molar-refractivity contribution in [3.8, 4) is 16.9 Å². The van der Waals surface area contributed by atoms with Crippen LogP contribution in [0.4, 0.5) is 5.69 Å². The molecule has 3 aromatic carbocycles. The Balaban J connectivity index is 1.31. The summed E-state index contributed by atoms with van der Waals surface area (Å²) in [6.07, 6.45) is 3.17. The van der Waals surface area contributed by atoms with E-state index in [-0.39, 0.29) is 11.5 Å². The number of carboxylic acids is 1. The zero-order valence-corrected chi connectivity index (χ0v) is 29.6. The predicted octanol–water partition coefficient (Wildman–Crippen LogP) is 8.21. The number of anilines is 1. The molecule has 1 amide bonds. The van der Waals surface area contributed by atoms with E-state index in [1.165, 1.54) is 0 Å². The molecule has 0 saturated heterocycles. The van der Waals surface area contributed by atoms with Crippen molar-refractivity contribution >= 4 is 62.6 Å². The summed E-state index contributed by atoms with van der Waals surface area (Å²) in [7, 11) is 3.85. The van der Waals surface area contributed by atoms with E-state index in [0.717, 1.165) is 66.4 Å². The van der Waals surface area contributed by atoms with Crippen LogP contribution in [0.5, 0.6) is 5.75 Å². The summed E-state index contributed by atoms with van der Waals surface area (Å²) in [6.45, 7) is 8.86. The number of carboxylic acid groups (broad SMARTS) is 1. The summed E-state index contributed by atoms with van der Waals surface area (Å²) >= 11 is 13.4. The van der Waals surface area contributed by atoms with Gasteiger partial charge in [-0.3, -0.25) is 9.48 Å². The lowest BCUT2D eigenvalue weighted by Crippen LogP contribution is -2.54. The van der Waals surface area contributed by atoms with Gasteiger partial charge in [-0.2, -0.15) is 5.10 Å². The van der Waals surface area contributed by atoms with Crippen molar-refractivity contribution in [1.29, 1.82) is 0 Å². The maximum atomic E-state index is 15.0. The topological polar surface area (TPSA) is 94.5 Å². The molecule has 2 aliphatic heterocycles. The van der Waals surface area contributed by atoms with Crippen LogP contribution < -0.4 is 9.64 Å². The standard InChI is InChI=1S/C38H35Cl2N5O4/c1-19-14-23(15-20(2)32(19)40)49-13-7-8-24-25-10-11-27(39)31-30-21(3)41-43(6)35(30)38(4)18-44(36(46)34(24)45(38)33(25)31)29-17-42(5)28-12-9-22(37(47)48)16-26(28)29/h9-12,14-17H,7-8,13,18H2,1-6H3,(H,47,48)/t38-/m1/s1. The average Bonchev–Trinajstić information content (AvgIpc) is 3.68. The highest BCUT2D eigenvalue weighted by Crippen LogP contribution is 2.53. The zero-order valence-electron chi connectivity index (χ0n) is 28.1. The minimum atomic E-state index is -1.02. The first-order valence-electron chi connectivity index (χ1n) is 16.3. The molecule has 3 aromatic heterocycles. The van der Waals surface area contributed by atoms with Gasteiger partial charge >= 0.3 is 5.97 Å². The van der Waals surface area contributed by atoms with Gasteiger partial charge in [0, 0.05) is 52.7 Å². The number of amides is 1. The van der Waals surface area contributed by atoms with Crippen LogP contribution in [0.1, 0.15) is 62.3 Å². The Morgan fingerprint density at radius 1 is 1.02 bits per heavy atom. The molecule has 0 bridgehead atoms. The Kier molecular flexibility index (Phi) is 7.01. The number of aromatic nitrogens is 4. The first-order valence-corrected chi connectivity index (χ1v) is 17.0. The van der Waals surface area contributed by atoms with Crippen LogP contribution in [0.3, 0.4) is 0 Å². The number of aromatic carboxylic acids is 1. The predicted molar refractivity (Wildman–Crippen MR) is 193 cm³/mol. The van der Waals surface area contributed by atoms with E-state index in [1.807, 2.05) is 79.5 Å². The summed E-state index contributed by atoms with van der Waals surface area (Å²) < 4.78 is 12.2. The fraction of sp³-hybridized carbons (Fsp3) is 0.289. The molecule has 1 N–H and O–H groups in total. The lowest BCUT2D eigenvalue weighted by atomic mass is 9.83. The van der Waals surface area contributed by atoms with Gasteiger partial charge in [-0.05, 0) is 93.6 Å². The van der Waals surface area contributed by atoms with Crippen LogP contribution in [0.2, 0.25) is 10.0 Å². The molecule has 0 spiro atoms. The third-order valence-electron chi connectivity index (χ3n) is 10.3. The molecule has 11 heteroatoms. The Hall–Kier alpha value is -4.73. The number of carbonyl (C=O) groups excluding carboxylic acids is 1. The van der Waals surface area contributed by atoms with Crippen LogP contribution in [-0.4, -0.2) is 49.0 Å². The molecule has 6 aromatic rings. The van der Waals surface area contributed by atoms with Crippen molar-refractivity contribution in [1.82, 2.24) is 18.9 Å². The van der Waals surface area contributed by atoms with E-state index in [0.29, 0.717) is 47.8 Å². The summed E-state index contributed by atoms with van der Waals surface area (Å²) in [5.74, 6) is -0.403. The molecule has 5 heterocycles. The van der Waals surface area contributed by atoms with E-state index in [9.17, 15) is 9.90 Å². The number of nitrogens with zero attached hydrogens (tertiary/aromatic N) is 5. The van der Waals surface area contributed by atoms with Crippen molar-refractivity contribution in [3.05, 3.63) is 98.0 Å². The number of benzene rings is 3. The monoisotopic (exact) mass is 695 g/mol. The number of carbonyl (C=O) groups is 2. The van der Waals surface area contributed by atoms with Gasteiger partial charge in [0.1, 0.15) is 17.0 Å². The van der Waals surface area contributed by atoms with Crippen LogP contribution in [0.15, 0.2) is 48.7 Å². The second-order valence-electron chi connectivity index (χ2n) is 13.6. The highest BCUT2D eigenvalue weighted by Gasteiger charge is 2.51. The maximum absolute atomic E-state index is 15.0. The van der Waals surface area contributed by atoms with Gasteiger partial charge in [0.25, 0.3) is 5.91 Å². The molecule has 2 aliphatic rings. The van der Waals surface area contributed by atoms with Crippen LogP contribution >= 0.6 is 23.2 Å². The fourth-order valence-electron chi connectivity index (χ4n) is 8.30. The van der Waals surface area contributed by atoms with Crippen molar-refractivity contribution in [2.24, 2.45) is 14.1 Å². The third kappa shape index (κ3) is 4.41. The Morgan fingerprint density at radius 2 is 1.76 bits per heavy atom. The molecular formula is C38H35Cl2N5O4. The van der Waals surface area contributed by atoms with Gasteiger partial charge in [0.2, 0.25) is 0 Å². The van der Waals surface area contributed by atoms with Gasteiger partial charge in [-0.15, -0.1) is 0 Å². The first-order chi connectivity index (χ1) is 23.3. The molecule has 1 atom stereocenters. The van der Waals surface area contributed by atoms with Crippen LogP contribution in [0, 0.1) is 20.8 Å². The number of rotatable bonds is 7. The van der Waals surface area contributed by atoms with Gasteiger partial charge in [-0.25, -0.2) is 4.79 Å².